The van der Waals surface area contributed by atoms with Crippen molar-refractivity contribution in [1.29, 1.82) is 0 Å². The number of thiophene rings is 1. The molecule has 0 unspecified atom stereocenters. The third-order valence-electron chi connectivity index (χ3n) is 2.25. The van der Waals surface area contributed by atoms with E-state index < -0.39 is 5.97 Å². The van der Waals surface area contributed by atoms with E-state index in [0.717, 1.165) is 4.88 Å². The molecule has 0 amide bonds. The first-order valence-electron chi connectivity index (χ1n) is 5.22. The summed E-state index contributed by atoms with van der Waals surface area (Å²) in [4.78, 5) is 11.5. The number of rotatable bonds is 4. The van der Waals surface area contributed by atoms with Gasteiger partial charge in [0, 0.05) is 0 Å². The molecule has 0 aliphatic heterocycles. The number of hydrogen-bond donors (Lipinski definition) is 1. The molecule has 0 bridgehead atoms. The molecular formula is C10H7N5O3S. The Bertz CT molecular complexity index is 702. The summed E-state index contributed by atoms with van der Waals surface area (Å²) in [5.74, 6) is -0.357. The van der Waals surface area contributed by atoms with Crippen LogP contribution in [0.15, 0.2) is 28.1 Å². The summed E-state index contributed by atoms with van der Waals surface area (Å²) >= 11 is 1.49. The molecule has 3 heterocycles. The third-order valence-corrected chi connectivity index (χ3v) is 3.11. The summed E-state index contributed by atoms with van der Waals surface area (Å²) < 4.78 is 6.78. The lowest BCUT2D eigenvalue weighted by Crippen LogP contribution is -2.00. The molecule has 0 fully saturated rings. The molecule has 0 radical (unpaired) electrons. The van der Waals surface area contributed by atoms with E-state index in [0.29, 0.717) is 11.8 Å². The Hall–Kier alpha value is -2.55. The van der Waals surface area contributed by atoms with Crippen molar-refractivity contribution in [2.45, 2.75) is 6.54 Å². The predicted octanol–water partition coefficient (Wildman–Crippen LogP) is 1.14. The quantitative estimate of drug-likeness (QED) is 0.761. The zero-order valence-electron chi connectivity index (χ0n) is 9.42. The Morgan fingerprint density at radius 2 is 2.32 bits per heavy atom. The number of carboxylic acid groups (broad SMARTS) is 1. The number of aromatic nitrogens is 5. The second-order valence-corrected chi connectivity index (χ2v) is 4.53. The predicted molar refractivity (Wildman–Crippen MR) is 63.7 cm³/mol. The summed E-state index contributed by atoms with van der Waals surface area (Å²) in [6, 6.07) is 3.76. The minimum Gasteiger partial charge on any atom is -0.476 e. The van der Waals surface area contributed by atoms with Crippen molar-refractivity contribution >= 4 is 17.3 Å². The monoisotopic (exact) mass is 277 g/mol. The summed E-state index contributed by atoms with van der Waals surface area (Å²) in [5.41, 5.74) is -0.127. The van der Waals surface area contributed by atoms with E-state index in [9.17, 15) is 4.79 Å². The molecule has 0 spiro atoms. The molecular weight excluding hydrogens is 270 g/mol. The third kappa shape index (κ3) is 2.36. The van der Waals surface area contributed by atoms with Crippen LogP contribution in [0, 0.1) is 0 Å². The molecule has 9 heteroatoms. The molecule has 3 aromatic rings. The molecule has 0 atom stereocenters. The fourth-order valence-electron chi connectivity index (χ4n) is 1.43. The lowest BCUT2D eigenvalue weighted by atomic mass is 10.5. The highest BCUT2D eigenvalue weighted by molar-refractivity contribution is 7.13. The van der Waals surface area contributed by atoms with Crippen LogP contribution >= 0.6 is 11.3 Å². The van der Waals surface area contributed by atoms with Crippen molar-refractivity contribution in [2.24, 2.45) is 0 Å². The summed E-state index contributed by atoms with van der Waals surface area (Å²) in [6.45, 7) is 0.179. The SMILES string of the molecule is O=C(O)c1cn(Cc2nnc(-c3cccs3)o2)nn1. The van der Waals surface area contributed by atoms with Gasteiger partial charge in [-0.1, -0.05) is 11.3 Å². The molecule has 3 rings (SSSR count). The van der Waals surface area contributed by atoms with Crippen molar-refractivity contribution in [3.63, 3.8) is 0 Å². The van der Waals surface area contributed by atoms with Crippen molar-refractivity contribution < 1.29 is 14.3 Å². The van der Waals surface area contributed by atoms with Gasteiger partial charge in [-0.05, 0) is 11.4 Å². The van der Waals surface area contributed by atoms with Gasteiger partial charge in [0.05, 0.1) is 11.1 Å². The van der Waals surface area contributed by atoms with Gasteiger partial charge in [0.15, 0.2) is 5.69 Å². The van der Waals surface area contributed by atoms with Crippen LogP contribution in [0.1, 0.15) is 16.4 Å². The number of hydrogen-bond acceptors (Lipinski definition) is 7. The molecule has 0 aliphatic carbocycles. The van der Waals surface area contributed by atoms with E-state index in [4.69, 9.17) is 9.52 Å². The van der Waals surface area contributed by atoms with Crippen LogP contribution in [-0.4, -0.2) is 36.3 Å². The minimum absolute atomic E-state index is 0.127. The van der Waals surface area contributed by atoms with E-state index in [1.807, 2.05) is 17.5 Å². The highest BCUT2D eigenvalue weighted by Gasteiger charge is 2.12. The first kappa shape index (κ1) is 11.5. The van der Waals surface area contributed by atoms with Gasteiger partial charge in [-0.2, -0.15) is 0 Å². The van der Waals surface area contributed by atoms with Gasteiger partial charge >= 0.3 is 5.97 Å². The molecule has 0 saturated heterocycles. The van der Waals surface area contributed by atoms with Gasteiger partial charge in [0.25, 0.3) is 5.89 Å². The second-order valence-electron chi connectivity index (χ2n) is 3.58. The zero-order valence-corrected chi connectivity index (χ0v) is 10.2. The van der Waals surface area contributed by atoms with Crippen molar-refractivity contribution in [2.75, 3.05) is 0 Å². The van der Waals surface area contributed by atoms with Crippen LogP contribution in [0.4, 0.5) is 0 Å². The lowest BCUT2D eigenvalue weighted by Gasteiger charge is -1.92. The highest BCUT2D eigenvalue weighted by atomic mass is 32.1. The van der Waals surface area contributed by atoms with Gasteiger partial charge in [-0.3, -0.25) is 0 Å². The van der Waals surface area contributed by atoms with Gasteiger partial charge in [0.2, 0.25) is 5.89 Å². The molecule has 19 heavy (non-hydrogen) atoms. The fourth-order valence-corrected chi connectivity index (χ4v) is 2.07. The molecule has 0 saturated carbocycles. The van der Waals surface area contributed by atoms with Gasteiger partial charge in [-0.25, -0.2) is 9.48 Å². The highest BCUT2D eigenvalue weighted by Crippen LogP contribution is 2.22. The first-order chi connectivity index (χ1) is 9.22. The molecule has 3 aromatic heterocycles. The molecule has 8 nitrogen and oxygen atoms in total. The molecule has 0 aromatic carbocycles. The number of carboxylic acids is 1. The fraction of sp³-hybridized carbons (Fsp3) is 0.100. The number of aromatic carboxylic acids is 1. The largest absolute Gasteiger partial charge is 0.476 e. The van der Waals surface area contributed by atoms with Gasteiger partial charge in [0.1, 0.15) is 6.54 Å². The maximum Gasteiger partial charge on any atom is 0.358 e. The summed E-state index contributed by atoms with van der Waals surface area (Å²) in [6.07, 6.45) is 1.30. The van der Waals surface area contributed by atoms with E-state index >= 15 is 0 Å². The maximum absolute atomic E-state index is 10.7. The zero-order chi connectivity index (χ0) is 13.2. The Balaban J connectivity index is 1.78. The van der Waals surface area contributed by atoms with Crippen molar-refractivity contribution in [3.05, 3.63) is 35.3 Å². The molecule has 0 aliphatic rings. The van der Waals surface area contributed by atoms with Crippen molar-refractivity contribution in [1.82, 2.24) is 25.2 Å². The van der Waals surface area contributed by atoms with Crippen LogP contribution in [0.5, 0.6) is 0 Å². The first-order valence-corrected chi connectivity index (χ1v) is 6.10. The van der Waals surface area contributed by atoms with Crippen LogP contribution < -0.4 is 0 Å². The van der Waals surface area contributed by atoms with Gasteiger partial charge < -0.3 is 9.52 Å². The van der Waals surface area contributed by atoms with Gasteiger partial charge in [-0.15, -0.1) is 26.6 Å². The van der Waals surface area contributed by atoms with E-state index in [1.54, 1.807) is 0 Å². The number of nitrogens with zero attached hydrogens (tertiary/aromatic N) is 5. The Morgan fingerprint density at radius 1 is 1.42 bits per heavy atom. The van der Waals surface area contributed by atoms with E-state index in [1.165, 1.54) is 22.2 Å². The van der Waals surface area contributed by atoms with Crippen LogP contribution in [0.25, 0.3) is 10.8 Å². The van der Waals surface area contributed by atoms with Crippen molar-refractivity contribution in [3.8, 4) is 10.8 Å². The van der Waals surface area contributed by atoms with Crippen LogP contribution in [-0.2, 0) is 6.54 Å². The average molecular weight is 277 g/mol. The van der Waals surface area contributed by atoms with Crippen LogP contribution in [0.2, 0.25) is 0 Å². The van der Waals surface area contributed by atoms with E-state index in [2.05, 4.69) is 20.5 Å². The normalized spacial score (nSPS) is 10.7. The summed E-state index contributed by atoms with van der Waals surface area (Å²) in [7, 11) is 0. The van der Waals surface area contributed by atoms with E-state index in [-0.39, 0.29) is 12.2 Å². The minimum atomic E-state index is -1.13. The summed E-state index contributed by atoms with van der Waals surface area (Å²) in [5, 5.41) is 25.6. The topological polar surface area (TPSA) is 107 Å². The maximum atomic E-state index is 10.7. The molecule has 1 N–H and O–H groups in total. The number of carbonyl (C=O) groups is 1. The Morgan fingerprint density at radius 3 is 3.00 bits per heavy atom. The molecule has 96 valence electrons. The second kappa shape index (κ2) is 4.61. The lowest BCUT2D eigenvalue weighted by molar-refractivity contribution is 0.0690. The van der Waals surface area contributed by atoms with Crippen LogP contribution in [0.3, 0.4) is 0 Å². The standard InChI is InChI=1S/C10H7N5O3S/c16-10(17)6-4-15(14-11-6)5-8-12-13-9(18-8)7-2-1-3-19-7/h1-4H,5H2,(H,16,17). The smallest absolute Gasteiger partial charge is 0.358 e. The average Bonchev–Trinajstić information content (AvgIpc) is 3.09. The Labute approximate surface area is 110 Å². The Kier molecular flexibility index (Phi) is 2.80.